The molecule has 0 aliphatic carbocycles. The molecule has 0 saturated heterocycles. The molecule has 0 fully saturated rings. The Morgan fingerprint density at radius 2 is 1.82 bits per heavy atom. The Labute approximate surface area is 127 Å². The Balaban J connectivity index is 1.65. The van der Waals surface area contributed by atoms with Crippen molar-refractivity contribution < 1.29 is 18.3 Å². The molecule has 5 heteroatoms. The van der Waals surface area contributed by atoms with Crippen LogP contribution in [0.25, 0.3) is 0 Å². The third-order valence-corrected chi connectivity index (χ3v) is 3.48. The van der Waals surface area contributed by atoms with Crippen molar-refractivity contribution >= 4 is 0 Å². The first-order valence-electron chi connectivity index (χ1n) is 7.26. The van der Waals surface area contributed by atoms with Gasteiger partial charge in [-0.2, -0.15) is 0 Å². The first kappa shape index (κ1) is 14.8. The molecule has 0 aromatic heterocycles. The fourth-order valence-corrected chi connectivity index (χ4v) is 2.38. The van der Waals surface area contributed by atoms with Crippen molar-refractivity contribution in [1.29, 1.82) is 0 Å². The monoisotopic (exact) mass is 305 g/mol. The molecule has 0 radical (unpaired) electrons. The van der Waals surface area contributed by atoms with Crippen LogP contribution < -0.4 is 14.8 Å². The zero-order valence-electron chi connectivity index (χ0n) is 12.1. The number of rotatable bonds is 4. The quantitative estimate of drug-likeness (QED) is 0.939. The molecule has 0 saturated carbocycles. The van der Waals surface area contributed by atoms with Gasteiger partial charge in [-0.3, -0.25) is 0 Å². The van der Waals surface area contributed by atoms with E-state index >= 15 is 0 Å². The first-order valence-corrected chi connectivity index (χ1v) is 7.26. The number of hydrogen-bond acceptors (Lipinski definition) is 3. The number of nitrogens with one attached hydrogen (secondary N) is 1. The molecule has 1 aliphatic rings. The second kappa shape index (κ2) is 6.75. The molecular formula is C17H17F2NO2. The number of ether oxygens (including phenoxy) is 2. The van der Waals surface area contributed by atoms with Crippen molar-refractivity contribution in [3.8, 4) is 11.5 Å². The normalized spacial score (nSPS) is 13.7. The van der Waals surface area contributed by atoms with Crippen molar-refractivity contribution in [2.45, 2.75) is 19.5 Å². The number of halogens is 2. The lowest BCUT2D eigenvalue weighted by atomic mass is 10.1. The predicted octanol–water partition coefficient (Wildman–Crippen LogP) is 3.42. The molecule has 0 unspecified atom stereocenters. The van der Waals surface area contributed by atoms with Crippen LogP contribution in [-0.2, 0) is 13.1 Å². The summed E-state index contributed by atoms with van der Waals surface area (Å²) < 4.78 is 37.4. The Morgan fingerprint density at radius 3 is 2.68 bits per heavy atom. The second-order valence-corrected chi connectivity index (χ2v) is 5.15. The predicted molar refractivity (Wildman–Crippen MR) is 79.0 cm³/mol. The Kier molecular flexibility index (Phi) is 4.53. The first-order chi connectivity index (χ1) is 10.7. The molecule has 0 spiro atoms. The minimum atomic E-state index is -0.831. The van der Waals surface area contributed by atoms with E-state index in [1.54, 1.807) is 6.07 Å². The van der Waals surface area contributed by atoms with Crippen LogP contribution in [0.2, 0.25) is 0 Å². The number of fused-ring (bicyclic) bond motifs is 1. The summed E-state index contributed by atoms with van der Waals surface area (Å²) in [5.74, 6) is -0.144. The summed E-state index contributed by atoms with van der Waals surface area (Å²) in [6, 6.07) is 9.68. The molecule has 2 aromatic carbocycles. The van der Waals surface area contributed by atoms with Crippen molar-refractivity contribution in [1.82, 2.24) is 5.32 Å². The van der Waals surface area contributed by atoms with Gasteiger partial charge in [0.1, 0.15) is 0 Å². The Hall–Kier alpha value is -2.14. The molecule has 1 N–H and O–H groups in total. The van der Waals surface area contributed by atoms with Gasteiger partial charge in [0.2, 0.25) is 0 Å². The highest BCUT2D eigenvalue weighted by Gasteiger charge is 2.14. The van der Waals surface area contributed by atoms with Crippen LogP contribution in [0.5, 0.6) is 11.5 Å². The topological polar surface area (TPSA) is 30.5 Å². The lowest BCUT2D eigenvalue weighted by molar-refractivity contribution is 0.296. The van der Waals surface area contributed by atoms with Crippen LogP contribution in [0.1, 0.15) is 17.5 Å². The number of hydrogen-bond donors (Lipinski definition) is 1. The maximum Gasteiger partial charge on any atom is 0.165 e. The molecule has 1 heterocycles. The highest BCUT2D eigenvalue weighted by molar-refractivity contribution is 5.47. The van der Waals surface area contributed by atoms with Crippen molar-refractivity contribution in [2.75, 3.05) is 13.2 Å². The Bertz CT molecular complexity index is 661. The van der Waals surface area contributed by atoms with E-state index in [0.29, 0.717) is 31.9 Å². The fraction of sp³-hybridized carbons (Fsp3) is 0.294. The largest absolute Gasteiger partial charge is 0.490 e. The number of benzene rings is 2. The lowest BCUT2D eigenvalue weighted by Crippen LogP contribution is -2.14. The van der Waals surface area contributed by atoms with E-state index < -0.39 is 11.6 Å². The van der Waals surface area contributed by atoms with Crippen LogP contribution in [0.4, 0.5) is 8.78 Å². The van der Waals surface area contributed by atoms with Crippen LogP contribution in [-0.4, -0.2) is 13.2 Å². The van der Waals surface area contributed by atoms with Crippen molar-refractivity contribution in [3.05, 3.63) is 59.2 Å². The molecule has 22 heavy (non-hydrogen) atoms. The third-order valence-electron chi connectivity index (χ3n) is 3.48. The van der Waals surface area contributed by atoms with Crippen molar-refractivity contribution in [3.63, 3.8) is 0 Å². The zero-order valence-corrected chi connectivity index (χ0v) is 12.1. The lowest BCUT2D eigenvalue weighted by Gasteiger charge is -2.13. The smallest absolute Gasteiger partial charge is 0.165 e. The van der Waals surface area contributed by atoms with Gasteiger partial charge in [0.25, 0.3) is 0 Å². The van der Waals surface area contributed by atoms with E-state index in [4.69, 9.17) is 9.47 Å². The van der Waals surface area contributed by atoms with E-state index in [2.05, 4.69) is 5.32 Å². The molecule has 2 aromatic rings. The van der Waals surface area contributed by atoms with Gasteiger partial charge in [0, 0.05) is 25.1 Å². The molecule has 0 atom stereocenters. The summed E-state index contributed by atoms with van der Waals surface area (Å²) in [6.07, 6.45) is 0.858. The molecule has 0 bridgehead atoms. The van der Waals surface area contributed by atoms with Crippen LogP contribution >= 0.6 is 0 Å². The van der Waals surface area contributed by atoms with E-state index in [0.717, 1.165) is 29.5 Å². The van der Waals surface area contributed by atoms with Gasteiger partial charge in [-0.15, -0.1) is 0 Å². The highest BCUT2D eigenvalue weighted by atomic mass is 19.2. The van der Waals surface area contributed by atoms with E-state index in [1.807, 2.05) is 18.2 Å². The average molecular weight is 305 g/mol. The summed E-state index contributed by atoms with van der Waals surface area (Å²) >= 11 is 0. The third kappa shape index (κ3) is 3.36. The SMILES string of the molecule is Fc1ccc(CNCc2cccc3c2OCCCO3)cc1F. The minimum Gasteiger partial charge on any atom is -0.490 e. The average Bonchev–Trinajstić information content (AvgIpc) is 2.77. The molecular weight excluding hydrogens is 288 g/mol. The summed E-state index contributed by atoms with van der Waals surface area (Å²) in [4.78, 5) is 0. The van der Waals surface area contributed by atoms with Gasteiger partial charge in [0.15, 0.2) is 23.1 Å². The van der Waals surface area contributed by atoms with Gasteiger partial charge < -0.3 is 14.8 Å². The van der Waals surface area contributed by atoms with Gasteiger partial charge in [-0.25, -0.2) is 8.78 Å². The van der Waals surface area contributed by atoms with Gasteiger partial charge in [0.05, 0.1) is 13.2 Å². The standard InChI is InChI=1S/C17H17F2NO2/c18-14-6-5-12(9-15(14)19)10-20-11-13-3-1-4-16-17(13)22-8-2-7-21-16/h1,3-6,9,20H,2,7-8,10-11H2. The van der Waals surface area contributed by atoms with Crippen LogP contribution in [0, 0.1) is 11.6 Å². The van der Waals surface area contributed by atoms with Crippen LogP contribution in [0.3, 0.4) is 0 Å². The molecule has 0 amide bonds. The molecule has 3 rings (SSSR count). The van der Waals surface area contributed by atoms with E-state index in [-0.39, 0.29) is 0 Å². The summed E-state index contributed by atoms with van der Waals surface area (Å²) in [7, 11) is 0. The number of para-hydroxylation sites is 1. The van der Waals surface area contributed by atoms with Crippen molar-refractivity contribution in [2.24, 2.45) is 0 Å². The Morgan fingerprint density at radius 1 is 0.955 bits per heavy atom. The second-order valence-electron chi connectivity index (χ2n) is 5.15. The van der Waals surface area contributed by atoms with Gasteiger partial charge in [-0.1, -0.05) is 18.2 Å². The maximum atomic E-state index is 13.2. The van der Waals surface area contributed by atoms with E-state index in [9.17, 15) is 8.78 Å². The van der Waals surface area contributed by atoms with E-state index in [1.165, 1.54) is 6.07 Å². The van der Waals surface area contributed by atoms with Gasteiger partial charge >= 0.3 is 0 Å². The highest BCUT2D eigenvalue weighted by Crippen LogP contribution is 2.33. The molecule has 1 aliphatic heterocycles. The maximum absolute atomic E-state index is 13.2. The molecule has 116 valence electrons. The fourth-order valence-electron chi connectivity index (χ4n) is 2.38. The zero-order chi connectivity index (χ0) is 15.4. The summed E-state index contributed by atoms with van der Waals surface area (Å²) in [5, 5.41) is 3.21. The van der Waals surface area contributed by atoms with Crippen LogP contribution in [0.15, 0.2) is 36.4 Å². The minimum absolute atomic E-state index is 0.446. The summed E-state index contributed by atoms with van der Waals surface area (Å²) in [6.45, 7) is 2.29. The van der Waals surface area contributed by atoms with Gasteiger partial charge in [-0.05, 0) is 23.8 Å². The molecule has 3 nitrogen and oxygen atoms in total. The summed E-state index contributed by atoms with van der Waals surface area (Å²) in [5.41, 5.74) is 1.68.